The zero-order valence-corrected chi connectivity index (χ0v) is 11.3. The molecule has 2 aromatic rings. The van der Waals surface area contributed by atoms with E-state index < -0.39 is 11.6 Å². The first-order chi connectivity index (χ1) is 9.70. The number of rotatable bonds is 7. The molecule has 20 heavy (non-hydrogen) atoms. The second-order valence-corrected chi connectivity index (χ2v) is 4.39. The minimum Gasteiger partial charge on any atom is -0.383 e. The highest BCUT2D eigenvalue weighted by Gasteiger charge is 2.08. The summed E-state index contributed by atoms with van der Waals surface area (Å²) >= 11 is 0. The van der Waals surface area contributed by atoms with Crippen LogP contribution in [-0.2, 0) is 17.8 Å². The Bertz CT molecular complexity index is 557. The Hall–Kier alpha value is -1.79. The van der Waals surface area contributed by atoms with E-state index in [0.29, 0.717) is 18.7 Å². The van der Waals surface area contributed by atoms with Crippen LogP contribution in [0.5, 0.6) is 0 Å². The first kappa shape index (κ1) is 14.6. The highest BCUT2D eigenvalue weighted by atomic mass is 19.1. The molecule has 0 unspecified atom stereocenters. The molecular weight excluding hydrogens is 264 g/mol. The summed E-state index contributed by atoms with van der Waals surface area (Å²) in [5.74, 6) is -1.13. The van der Waals surface area contributed by atoms with Crippen LogP contribution in [0.25, 0.3) is 0 Å². The van der Waals surface area contributed by atoms with Gasteiger partial charge in [-0.3, -0.25) is 4.68 Å². The van der Waals surface area contributed by atoms with Gasteiger partial charge in [0.05, 0.1) is 18.8 Å². The molecule has 0 saturated carbocycles. The molecule has 4 nitrogen and oxygen atoms in total. The Morgan fingerprint density at radius 1 is 1.30 bits per heavy atom. The lowest BCUT2D eigenvalue weighted by Crippen LogP contribution is -2.21. The monoisotopic (exact) mass is 281 g/mol. The molecule has 0 atom stereocenters. The topological polar surface area (TPSA) is 39.1 Å². The van der Waals surface area contributed by atoms with E-state index in [2.05, 4.69) is 10.4 Å². The molecule has 6 heteroatoms. The third-order valence-corrected chi connectivity index (χ3v) is 2.93. The minimum absolute atomic E-state index is 0.278. The van der Waals surface area contributed by atoms with E-state index in [4.69, 9.17) is 4.74 Å². The predicted molar refractivity (Wildman–Crippen MR) is 71.3 cm³/mol. The van der Waals surface area contributed by atoms with Crippen LogP contribution in [0.1, 0.15) is 11.3 Å². The second-order valence-electron chi connectivity index (χ2n) is 4.39. The van der Waals surface area contributed by atoms with Crippen molar-refractivity contribution in [3.8, 4) is 0 Å². The number of ether oxygens (including phenoxy) is 1. The molecule has 0 fully saturated rings. The van der Waals surface area contributed by atoms with Crippen molar-refractivity contribution in [3.63, 3.8) is 0 Å². The minimum atomic E-state index is -0.576. The molecule has 108 valence electrons. The highest BCUT2D eigenvalue weighted by Crippen LogP contribution is 2.12. The normalized spacial score (nSPS) is 10.9. The second kappa shape index (κ2) is 7.12. The summed E-state index contributed by atoms with van der Waals surface area (Å²) < 4.78 is 33.1. The average molecular weight is 281 g/mol. The Labute approximate surface area is 116 Å². The number of aromatic nitrogens is 2. The predicted octanol–water partition coefficient (Wildman–Crippen LogP) is 1.95. The van der Waals surface area contributed by atoms with E-state index in [9.17, 15) is 8.78 Å². The Morgan fingerprint density at radius 3 is 2.90 bits per heavy atom. The van der Waals surface area contributed by atoms with Gasteiger partial charge >= 0.3 is 0 Å². The van der Waals surface area contributed by atoms with Crippen LogP contribution < -0.4 is 5.32 Å². The van der Waals surface area contributed by atoms with Crippen LogP contribution in [0.15, 0.2) is 30.5 Å². The van der Waals surface area contributed by atoms with Crippen molar-refractivity contribution in [1.82, 2.24) is 15.1 Å². The SMILES string of the molecule is COCCNCc1ccnn1Cc1ccc(F)cc1F. The molecule has 0 amide bonds. The maximum absolute atomic E-state index is 13.6. The zero-order chi connectivity index (χ0) is 14.4. The van der Waals surface area contributed by atoms with Crippen LogP contribution in [0.4, 0.5) is 8.78 Å². The molecule has 0 spiro atoms. The number of benzene rings is 1. The number of nitrogens with one attached hydrogen (secondary N) is 1. The van der Waals surface area contributed by atoms with Gasteiger partial charge in [0.2, 0.25) is 0 Å². The maximum Gasteiger partial charge on any atom is 0.131 e. The van der Waals surface area contributed by atoms with Crippen molar-refractivity contribution in [1.29, 1.82) is 0 Å². The number of hydrogen-bond acceptors (Lipinski definition) is 3. The Kier molecular flexibility index (Phi) is 5.20. The van der Waals surface area contributed by atoms with Crippen LogP contribution >= 0.6 is 0 Å². The standard InChI is InChI=1S/C14H17F2N3O/c1-20-7-6-17-9-13-4-5-18-19(13)10-11-2-3-12(15)8-14(11)16/h2-5,8,17H,6-7,9-10H2,1H3. The largest absolute Gasteiger partial charge is 0.383 e. The average Bonchev–Trinajstić information content (AvgIpc) is 2.85. The fraction of sp³-hybridized carbons (Fsp3) is 0.357. The number of nitrogens with zero attached hydrogens (tertiary/aromatic N) is 2. The van der Waals surface area contributed by atoms with Gasteiger partial charge in [0.25, 0.3) is 0 Å². The lowest BCUT2D eigenvalue weighted by Gasteiger charge is -2.09. The van der Waals surface area contributed by atoms with E-state index in [1.165, 1.54) is 12.1 Å². The summed E-state index contributed by atoms with van der Waals surface area (Å²) in [5, 5.41) is 7.36. The van der Waals surface area contributed by atoms with Gasteiger partial charge in [-0.05, 0) is 12.1 Å². The molecule has 0 aliphatic rings. The molecule has 1 N–H and O–H groups in total. The molecule has 0 bridgehead atoms. The van der Waals surface area contributed by atoms with Gasteiger partial charge in [-0.1, -0.05) is 6.07 Å². The van der Waals surface area contributed by atoms with Crippen molar-refractivity contribution < 1.29 is 13.5 Å². The van der Waals surface area contributed by atoms with E-state index in [-0.39, 0.29) is 6.54 Å². The van der Waals surface area contributed by atoms with E-state index >= 15 is 0 Å². The molecular formula is C14H17F2N3O. The van der Waals surface area contributed by atoms with Crippen molar-refractivity contribution in [2.75, 3.05) is 20.3 Å². The van der Waals surface area contributed by atoms with E-state index in [1.807, 2.05) is 6.07 Å². The van der Waals surface area contributed by atoms with E-state index in [0.717, 1.165) is 18.3 Å². The van der Waals surface area contributed by atoms with Crippen LogP contribution in [0, 0.1) is 11.6 Å². The summed E-state index contributed by atoms with van der Waals surface area (Å²) in [6, 6.07) is 5.43. The molecule has 1 aromatic heterocycles. The fourth-order valence-corrected chi connectivity index (χ4v) is 1.85. The molecule has 0 aliphatic heterocycles. The Balaban J connectivity index is 2.01. The first-order valence-electron chi connectivity index (χ1n) is 6.35. The van der Waals surface area contributed by atoms with Gasteiger partial charge in [0.15, 0.2) is 0 Å². The van der Waals surface area contributed by atoms with Crippen LogP contribution in [-0.4, -0.2) is 30.0 Å². The molecule has 1 heterocycles. The van der Waals surface area contributed by atoms with Crippen LogP contribution in [0.3, 0.4) is 0 Å². The number of halogens is 2. The summed E-state index contributed by atoms with van der Waals surface area (Å²) in [6.07, 6.45) is 1.66. The van der Waals surface area contributed by atoms with Crippen LogP contribution in [0.2, 0.25) is 0 Å². The van der Waals surface area contributed by atoms with Gasteiger partial charge in [0.1, 0.15) is 11.6 Å². The lowest BCUT2D eigenvalue weighted by atomic mass is 10.2. The fourth-order valence-electron chi connectivity index (χ4n) is 1.85. The maximum atomic E-state index is 13.6. The first-order valence-corrected chi connectivity index (χ1v) is 6.35. The molecule has 0 aliphatic carbocycles. The number of methoxy groups -OCH3 is 1. The zero-order valence-electron chi connectivity index (χ0n) is 11.3. The van der Waals surface area contributed by atoms with Crippen molar-refractivity contribution >= 4 is 0 Å². The summed E-state index contributed by atoms with van der Waals surface area (Å²) in [6.45, 7) is 2.25. The van der Waals surface area contributed by atoms with Gasteiger partial charge in [0, 0.05) is 38.0 Å². The lowest BCUT2D eigenvalue weighted by molar-refractivity contribution is 0.199. The Morgan fingerprint density at radius 2 is 2.15 bits per heavy atom. The van der Waals surface area contributed by atoms with Gasteiger partial charge < -0.3 is 10.1 Å². The summed E-state index contributed by atoms with van der Waals surface area (Å²) in [7, 11) is 1.64. The molecule has 1 aromatic carbocycles. The molecule has 0 saturated heterocycles. The quantitative estimate of drug-likeness (QED) is 0.788. The van der Waals surface area contributed by atoms with Crippen molar-refractivity contribution in [2.24, 2.45) is 0 Å². The van der Waals surface area contributed by atoms with Gasteiger partial charge in [-0.25, -0.2) is 8.78 Å². The summed E-state index contributed by atoms with van der Waals surface area (Å²) in [5.41, 5.74) is 1.35. The van der Waals surface area contributed by atoms with Crippen molar-refractivity contribution in [2.45, 2.75) is 13.1 Å². The van der Waals surface area contributed by atoms with Crippen molar-refractivity contribution in [3.05, 3.63) is 53.4 Å². The summed E-state index contributed by atoms with van der Waals surface area (Å²) in [4.78, 5) is 0. The van der Waals surface area contributed by atoms with Gasteiger partial charge in [-0.2, -0.15) is 5.10 Å². The molecule has 0 radical (unpaired) electrons. The van der Waals surface area contributed by atoms with Gasteiger partial charge in [-0.15, -0.1) is 0 Å². The third-order valence-electron chi connectivity index (χ3n) is 2.93. The van der Waals surface area contributed by atoms with E-state index in [1.54, 1.807) is 18.0 Å². The smallest absolute Gasteiger partial charge is 0.131 e. The molecule has 2 rings (SSSR count). The third kappa shape index (κ3) is 3.85. The number of hydrogen-bond donors (Lipinski definition) is 1. The highest BCUT2D eigenvalue weighted by molar-refractivity contribution is 5.19.